The first kappa shape index (κ1) is 20.9. The Labute approximate surface area is 174 Å². The number of amides is 1. The first-order valence-electron chi connectivity index (χ1n) is 8.46. The third kappa shape index (κ3) is 5.56. The van der Waals surface area contributed by atoms with E-state index in [1.165, 1.54) is 18.2 Å². The van der Waals surface area contributed by atoms with Gasteiger partial charge in [0.15, 0.2) is 5.96 Å². The fraction of sp³-hybridized carbons (Fsp3) is 0.263. The van der Waals surface area contributed by atoms with Crippen molar-refractivity contribution in [1.82, 2.24) is 10.6 Å². The van der Waals surface area contributed by atoms with E-state index in [0.717, 1.165) is 17.7 Å². The number of nitrogens with zero attached hydrogens (tertiary/aromatic N) is 1. The number of fused-ring (bicyclic) bond motifs is 1. The van der Waals surface area contributed by atoms with Gasteiger partial charge in [-0.2, -0.15) is 0 Å². The zero-order chi connectivity index (χ0) is 18.4. The minimum atomic E-state index is -0.548. The van der Waals surface area contributed by atoms with Crippen LogP contribution in [-0.2, 0) is 0 Å². The summed E-state index contributed by atoms with van der Waals surface area (Å²) in [7, 11) is 0. The van der Waals surface area contributed by atoms with E-state index in [1.54, 1.807) is 6.07 Å². The number of aliphatic imine (C=N–C) groups is 1. The van der Waals surface area contributed by atoms with Gasteiger partial charge < -0.3 is 21.1 Å². The molecule has 0 bridgehead atoms. The van der Waals surface area contributed by atoms with E-state index in [-0.39, 0.29) is 42.1 Å². The maximum Gasteiger partial charge on any atom is 0.254 e. The molecule has 0 fully saturated rings. The standard InChI is InChI=1S/C19H21FN4O2.HI/c20-15-7-3-1-5-13(15)18(25)22-10-11-23-19(21)24-16-9-12-26-17-8-4-2-6-14(16)17;/h1-8,16H,9-12H2,(H,22,25)(H3,21,23,24);1H. The van der Waals surface area contributed by atoms with E-state index in [1.807, 2.05) is 24.3 Å². The number of hydrogen-bond acceptors (Lipinski definition) is 3. The van der Waals surface area contributed by atoms with Crippen LogP contribution in [0, 0.1) is 5.82 Å². The minimum absolute atomic E-state index is 0. The smallest absolute Gasteiger partial charge is 0.254 e. The molecule has 0 saturated heterocycles. The summed E-state index contributed by atoms with van der Waals surface area (Å²) in [6.07, 6.45) is 0.789. The lowest BCUT2D eigenvalue weighted by molar-refractivity contribution is 0.0951. The minimum Gasteiger partial charge on any atom is -0.493 e. The molecule has 1 amide bonds. The van der Waals surface area contributed by atoms with Gasteiger partial charge >= 0.3 is 0 Å². The number of guanidine groups is 1. The largest absolute Gasteiger partial charge is 0.493 e. The predicted molar refractivity (Wildman–Crippen MR) is 113 cm³/mol. The number of nitrogens with one attached hydrogen (secondary N) is 2. The molecule has 144 valence electrons. The molecule has 0 aliphatic carbocycles. The average molecular weight is 484 g/mol. The summed E-state index contributed by atoms with van der Waals surface area (Å²) in [6, 6.07) is 13.7. The summed E-state index contributed by atoms with van der Waals surface area (Å²) in [5.41, 5.74) is 7.00. The lowest BCUT2D eigenvalue weighted by Crippen LogP contribution is -2.38. The monoisotopic (exact) mass is 484 g/mol. The summed E-state index contributed by atoms with van der Waals surface area (Å²) in [5.74, 6) is 0.129. The zero-order valence-electron chi connectivity index (χ0n) is 14.7. The van der Waals surface area contributed by atoms with Gasteiger partial charge in [-0.25, -0.2) is 4.39 Å². The Morgan fingerprint density at radius 1 is 1.22 bits per heavy atom. The second kappa shape index (κ2) is 10.1. The van der Waals surface area contributed by atoms with Crippen LogP contribution in [0.1, 0.15) is 28.4 Å². The molecule has 8 heteroatoms. The summed E-state index contributed by atoms with van der Waals surface area (Å²) in [5, 5.41) is 5.80. The molecule has 27 heavy (non-hydrogen) atoms. The molecule has 1 heterocycles. The molecule has 4 N–H and O–H groups in total. The van der Waals surface area contributed by atoms with Crippen molar-refractivity contribution in [3.05, 3.63) is 65.5 Å². The van der Waals surface area contributed by atoms with Crippen LogP contribution in [0.15, 0.2) is 53.5 Å². The maximum absolute atomic E-state index is 13.5. The second-order valence-electron chi connectivity index (χ2n) is 5.87. The number of carbonyl (C=O) groups excluding carboxylic acids is 1. The Morgan fingerprint density at radius 2 is 1.96 bits per heavy atom. The van der Waals surface area contributed by atoms with Gasteiger partial charge in [-0.1, -0.05) is 30.3 Å². The quantitative estimate of drug-likeness (QED) is 0.264. The SMILES string of the molecule is I.NC(=NCCNC(=O)c1ccccc1F)NC1CCOc2ccccc21. The number of ether oxygens (including phenoxy) is 1. The maximum atomic E-state index is 13.5. The molecule has 2 aromatic rings. The van der Waals surface area contributed by atoms with E-state index in [0.29, 0.717) is 19.1 Å². The molecular weight excluding hydrogens is 462 g/mol. The van der Waals surface area contributed by atoms with E-state index in [9.17, 15) is 9.18 Å². The average Bonchev–Trinajstić information content (AvgIpc) is 2.66. The molecule has 1 aliphatic rings. The first-order valence-corrected chi connectivity index (χ1v) is 8.46. The van der Waals surface area contributed by atoms with Crippen molar-refractivity contribution in [1.29, 1.82) is 0 Å². The van der Waals surface area contributed by atoms with Crippen LogP contribution in [0.4, 0.5) is 4.39 Å². The summed E-state index contributed by atoms with van der Waals surface area (Å²) < 4.78 is 19.1. The van der Waals surface area contributed by atoms with Gasteiger partial charge in [-0.05, 0) is 18.2 Å². The van der Waals surface area contributed by atoms with E-state index in [4.69, 9.17) is 10.5 Å². The van der Waals surface area contributed by atoms with Gasteiger partial charge in [0.25, 0.3) is 5.91 Å². The van der Waals surface area contributed by atoms with Crippen molar-refractivity contribution in [2.24, 2.45) is 10.7 Å². The van der Waals surface area contributed by atoms with Gasteiger partial charge in [0.05, 0.1) is 24.8 Å². The Morgan fingerprint density at radius 3 is 2.78 bits per heavy atom. The highest BCUT2D eigenvalue weighted by Gasteiger charge is 2.21. The highest BCUT2D eigenvalue weighted by atomic mass is 127. The Balaban J connectivity index is 0.00000261. The number of rotatable bonds is 5. The van der Waals surface area contributed by atoms with Crippen LogP contribution in [0.25, 0.3) is 0 Å². The highest BCUT2D eigenvalue weighted by molar-refractivity contribution is 14.0. The number of nitrogens with two attached hydrogens (primary N) is 1. The Hall–Kier alpha value is -2.36. The van der Waals surface area contributed by atoms with E-state index in [2.05, 4.69) is 15.6 Å². The fourth-order valence-electron chi connectivity index (χ4n) is 2.80. The van der Waals surface area contributed by atoms with E-state index >= 15 is 0 Å². The molecule has 0 saturated carbocycles. The van der Waals surface area contributed by atoms with Crippen molar-refractivity contribution in [3.63, 3.8) is 0 Å². The molecule has 1 unspecified atom stereocenters. The van der Waals surface area contributed by atoms with Gasteiger partial charge in [0.2, 0.25) is 0 Å². The Bertz CT molecular complexity index is 816. The molecule has 1 atom stereocenters. The summed E-state index contributed by atoms with van der Waals surface area (Å²) in [6.45, 7) is 1.17. The summed E-state index contributed by atoms with van der Waals surface area (Å²) in [4.78, 5) is 16.1. The third-order valence-corrected chi connectivity index (χ3v) is 4.08. The molecule has 3 rings (SSSR count). The number of hydrogen-bond donors (Lipinski definition) is 3. The number of halogens is 2. The van der Waals surface area contributed by atoms with E-state index < -0.39 is 11.7 Å². The number of benzene rings is 2. The van der Waals surface area contributed by atoms with Crippen molar-refractivity contribution in [2.75, 3.05) is 19.7 Å². The first-order chi connectivity index (χ1) is 12.6. The van der Waals surface area contributed by atoms with Crippen LogP contribution in [-0.4, -0.2) is 31.6 Å². The molecule has 1 aliphatic heterocycles. The third-order valence-electron chi connectivity index (χ3n) is 4.08. The van der Waals surface area contributed by atoms with Gasteiger partial charge in [0.1, 0.15) is 11.6 Å². The summed E-state index contributed by atoms with van der Waals surface area (Å²) >= 11 is 0. The van der Waals surface area contributed by atoms with Crippen LogP contribution in [0.5, 0.6) is 5.75 Å². The van der Waals surface area contributed by atoms with Crippen LogP contribution in [0.2, 0.25) is 0 Å². The Kier molecular flexibility index (Phi) is 7.83. The normalized spacial score (nSPS) is 15.7. The van der Waals surface area contributed by atoms with Crippen molar-refractivity contribution in [3.8, 4) is 5.75 Å². The molecule has 2 aromatic carbocycles. The molecular formula is C19H22FIN4O2. The zero-order valence-corrected chi connectivity index (χ0v) is 17.0. The van der Waals surface area contributed by atoms with Crippen LogP contribution in [0.3, 0.4) is 0 Å². The molecule has 0 aromatic heterocycles. The van der Waals surface area contributed by atoms with Crippen molar-refractivity contribution < 1.29 is 13.9 Å². The van der Waals surface area contributed by atoms with Crippen LogP contribution < -0.4 is 21.1 Å². The fourth-order valence-corrected chi connectivity index (χ4v) is 2.80. The highest BCUT2D eigenvalue weighted by Crippen LogP contribution is 2.31. The molecule has 0 radical (unpaired) electrons. The lowest BCUT2D eigenvalue weighted by atomic mass is 10.0. The molecule has 6 nitrogen and oxygen atoms in total. The molecule has 0 spiro atoms. The van der Waals surface area contributed by atoms with Gasteiger partial charge in [0, 0.05) is 18.5 Å². The number of carbonyl (C=O) groups is 1. The van der Waals surface area contributed by atoms with Gasteiger partial charge in [-0.3, -0.25) is 9.79 Å². The second-order valence-corrected chi connectivity index (χ2v) is 5.87. The number of para-hydroxylation sites is 1. The van der Waals surface area contributed by atoms with Crippen molar-refractivity contribution >= 4 is 35.8 Å². The topological polar surface area (TPSA) is 88.7 Å². The van der Waals surface area contributed by atoms with Crippen molar-refractivity contribution in [2.45, 2.75) is 12.5 Å². The predicted octanol–water partition coefficient (Wildman–Crippen LogP) is 2.60. The van der Waals surface area contributed by atoms with Crippen LogP contribution >= 0.6 is 24.0 Å². The lowest BCUT2D eigenvalue weighted by Gasteiger charge is -2.26. The van der Waals surface area contributed by atoms with Gasteiger partial charge in [-0.15, -0.1) is 24.0 Å².